The van der Waals surface area contributed by atoms with Gasteiger partial charge in [0.25, 0.3) is 5.91 Å². The SMILES string of the molecule is CCN(C(=O)c1cccc(N)c1)C1CC1. The Hall–Kier alpha value is -1.51. The zero-order valence-electron chi connectivity index (χ0n) is 8.94. The number of rotatable bonds is 3. The van der Waals surface area contributed by atoms with Crippen LogP contribution in [0.4, 0.5) is 5.69 Å². The van der Waals surface area contributed by atoms with E-state index < -0.39 is 0 Å². The Kier molecular flexibility index (Phi) is 2.62. The second-order valence-electron chi connectivity index (χ2n) is 3.95. The van der Waals surface area contributed by atoms with Crippen molar-refractivity contribution in [1.29, 1.82) is 0 Å². The molecule has 0 spiro atoms. The third kappa shape index (κ3) is 2.12. The number of nitrogens with zero attached hydrogens (tertiary/aromatic N) is 1. The van der Waals surface area contributed by atoms with Crippen molar-refractivity contribution in [3.05, 3.63) is 29.8 Å². The maximum absolute atomic E-state index is 12.1. The summed E-state index contributed by atoms with van der Waals surface area (Å²) in [5, 5.41) is 0. The van der Waals surface area contributed by atoms with E-state index >= 15 is 0 Å². The smallest absolute Gasteiger partial charge is 0.254 e. The molecule has 80 valence electrons. The summed E-state index contributed by atoms with van der Waals surface area (Å²) in [6, 6.07) is 7.65. The second-order valence-corrected chi connectivity index (χ2v) is 3.95. The van der Waals surface area contributed by atoms with Crippen LogP contribution in [0.5, 0.6) is 0 Å². The largest absolute Gasteiger partial charge is 0.399 e. The van der Waals surface area contributed by atoms with Gasteiger partial charge >= 0.3 is 0 Å². The highest BCUT2D eigenvalue weighted by molar-refractivity contribution is 5.95. The summed E-state index contributed by atoms with van der Waals surface area (Å²) in [7, 11) is 0. The van der Waals surface area contributed by atoms with Crippen LogP contribution in [0.1, 0.15) is 30.1 Å². The zero-order chi connectivity index (χ0) is 10.8. The summed E-state index contributed by atoms with van der Waals surface area (Å²) < 4.78 is 0. The number of hydrogen-bond acceptors (Lipinski definition) is 2. The molecule has 1 aromatic carbocycles. The van der Waals surface area contributed by atoms with Crippen molar-refractivity contribution < 1.29 is 4.79 Å². The lowest BCUT2D eigenvalue weighted by molar-refractivity contribution is 0.0752. The molecule has 0 bridgehead atoms. The van der Waals surface area contributed by atoms with Gasteiger partial charge in [-0.2, -0.15) is 0 Å². The topological polar surface area (TPSA) is 46.3 Å². The molecule has 15 heavy (non-hydrogen) atoms. The van der Waals surface area contributed by atoms with E-state index in [1.165, 1.54) is 0 Å². The fourth-order valence-corrected chi connectivity index (χ4v) is 1.79. The highest BCUT2D eigenvalue weighted by atomic mass is 16.2. The molecule has 2 N–H and O–H groups in total. The number of hydrogen-bond donors (Lipinski definition) is 1. The molecule has 0 atom stereocenters. The fraction of sp³-hybridized carbons (Fsp3) is 0.417. The van der Waals surface area contributed by atoms with E-state index in [9.17, 15) is 4.79 Å². The van der Waals surface area contributed by atoms with Gasteiger partial charge in [0, 0.05) is 23.8 Å². The van der Waals surface area contributed by atoms with Crippen molar-refractivity contribution in [2.24, 2.45) is 0 Å². The molecule has 0 saturated heterocycles. The summed E-state index contributed by atoms with van der Waals surface area (Å²) >= 11 is 0. The molecule has 3 nitrogen and oxygen atoms in total. The van der Waals surface area contributed by atoms with Gasteiger partial charge in [-0.3, -0.25) is 4.79 Å². The van der Waals surface area contributed by atoms with Gasteiger partial charge in [0.05, 0.1) is 0 Å². The first kappa shape index (κ1) is 10.0. The van der Waals surface area contributed by atoms with Crippen LogP contribution >= 0.6 is 0 Å². The fourth-order valence-electron chi connectivity index (χ4n) is 1.79. The molecule has 0 radical (unpaired) electrons. The van der Waals surface area contributed by atoms with Gasteiger partial charge in [-0.15, -0.1) is 0 Å². The highest BCUT2D eigenvalue weighted by Gasteiger charge is 2.31. The molecule has 0 unspecified atom stereocenters. The van der Waals surface area contributed by atoms with Crippen molar-refractivity contribution in [2.75, 3.05) is 12.3 Å². The minimum Gasteiger partial charge on any atom is -0.399 e. The molecule has 1 saturated carbocycles. The van der Waals surface area contributed by atoms with Crippen molar-refractivity contribution in [3.8, 4) is 0 Å². The lowest BCUT2D eigenvalue weighted by Gasteiger charge is -2.20. The second kappa shape index (κ2) is 3.93. The van der Waals surface area contributed by atoms with Gasteiger partial charge in [0.1, 0.15) is 0 Å². The number of anilines is 1. The minimum absolute atomic E-state index is 0.104. The molecule has 3 heteroatoms. The first-order valence-corrected chi connectivity index (χ1v) is 5.39. The van der Waals surface area contributed by atoms with Gasteiger partial charge in [0.15, 0.2) is 0 Å². The van der Waals surface area contributed by atoms with Gasteiger partial charge in [-0.1, -0.05) is 6.07 Å². The number of nitrogens with two attached hydrogens (primary N) is 1. The van der Waals surface area contributed by atoms with Gasteiger partial charge in [0.2, 0.25) is 0 Å². The number of amides is 1. The summed E-state index contributed by atoms with van der Waals surface area (Å²) in [5.74, 6) is 0.104. The lowest BCUT2D eigenvalue weighted by atomic mass is 10.1. The molecule has 1 aliphatic rings. The van der Waals surface area contributed by atoms with Crippen molar-refractivity contribution in [3.63, 3.8) is 0 Å². The number of carbonyl (C=O) groups is 1. The van der Waals surface area contributed by atoms with E-state index in [1.807, 2.05) is 24.0 Å². The molecule has 0 aromatic heterocycles. The Morgan fingerprint density at radius 3 is 2.80 bits per heavy atom. The average Bonchev–Trinajstić information content (AvgIpc) is 3.03. The minimum atomic E-state index is 0.104. The molecule has 1 aliphatic carbocycles. The predicted octanol–water partition coefficient (Wildman–Crippen LogP) is 1.89. The Bertz CT molecular complexity index is 372. The van der Waals surface area contributed by atoms with Crippen molar-refractivity contribution >= 4 is 11.6 Å². The van der Waals surface area contributed by atoms with Crippen LogP contribution in [0.25, 0.3) is 0 Å². The third-order valence-electron chi connectivity index (χ3n) is 2.72. The quantitative estimate of drug-likeness (QED) is 0.764. The van der Waals surface area contributed by atoms with Crippen LogP contribution < -0.4 is 5.73 Å². The molecular formula is C12H16N2O. The van der Waals surface area contributed by atoms with E-state index in [-0.39, 0.29) is 5.91 Å². The first-order valence-electron chi connectivity index (χ1n) is 5.39. The third-order valence-corrected chi connectivity index (χ3v) is 2.72. The molecule has 2 rings (SSSR count). The molecular weight excluding hydrogens is 188 g/mol. The molecule has 0 heterocycles. The summed E-state index contributed by atoms with van der Waals surface area (Å²) in [6.07, 6.45) is 2.28. The maximum atomic E-state index is 12.1. The Balaban J connectivity index is 2.18. The van der Waals surface area contributed by atoms with E-state index in [0.717, 1.165) is 19.4 Å². The lowest BCUT2D eigenvalue weighted by Crippen LogP contribution is -2.32. The van der Waals surface area contributed by atoms with Crippen LogP contribution in [0, 0.1) is 0 Å². The number of nitrogen functional groups attached to an aromatic ring is 1. The normalized spacial score (nSPS) is 15.0. The van der Waals surface area contributed by atoms with Crippen molar-refractivity contribution in [1.82, 2.24) is 4.90 Å². The highest BCUT2D eigenvalue weighted by Crippen LogP contribution is 2.28. The van der Waals surface area contributed by atoms with E-state index in [0.29, 0.717) is 17.3 Å². The van der Waals surface area contributed by atoms with Gasteiger partial charge in [-0.25, -0.2) is 0 Å². The standard InChI is InChI=1S/C12H16N2O/c1-2-14(11-6-7-11)12(15)9-4-3-5-10(13)8-9/h3-5,8,11H,2,6-7,13H2,1H3. The van der Waals surface area contributed by atoms with Crippen LogP contribution in [0.15, 0.2) is 24.3 Å². The molecule has 1 fully saturated rings. The van der Waals surface area contributed by atoms with Gasteiger partial charge in [-0.05, 0) is 38.0 Å². The van der Waals surface area contributed by atoms with Crippen LogP contribution in [-0.2, 0) is 0 Å². The molecule has 1 amide bonds. The van der Waals surface area contributed by atoms with Crippen LogP contribution in [-0.4, -0.2) is 23.4 Å². The maximum Gasteiger partial charge on any atom is 0.254 e. The van der Waals surface area contributed by atoms with Crippen molar-refractivity contribution in [2.45, 2.75) is 25.8 Å². The summed E-state index contributed by atoms with van der Waals surface area (Å²) in [6.45, 7) is 2.79. The summed E-state index contributed by atoms with van der Waals surface area (Å²) in [4.78, 5) is 14.0. The van der Waals surface area contributed by atoms with Crippen LogP contribution in [0.3, 0.4) is 0 Å². The molecule has 0 aliphatic heterocycles. The Morgan fingerprint density at radius 1 is 1.53 bits per heavy atom. The number of benzene rings is 1. The monoisotopic (exact) mass is 204 g/mol. The number of carbonyl (C=O) groups excluding carboxylic acids is 1. The predicted molar refractivity (Wildman–Crippen MR) is 60.6 cm³/mol. The average molecular weight is 204 g/mol. The first-order chi connectivity index (χ1) is 7.22. The van der Waals surface area contributed by atoms with Crippen LogP contribution in [0.2, 0.25) is 0 Å². The molecule has 1 aromatic rings. The van der Waals surface area contributed by atoms with E-state index in [2.05, 4.69) is 0 Å². The van der Waals surface area contributed by atoms with E-state index in [1.54, 1.807) is 12.1 Å². The van der Waals surface area contributed by atoms with Gasteiger partial charge < -0.3 is 10.6 Å². The zero-order valence-corrected chi connectivity index (χ0v) is 8.94. The summed E-state index contributed by atoms with van der Waals surface area (Å²) in [5.41, 5.74) is 7.00. The van der Waals surface area contributed by atoms with E-state index in [4.69, 9.17) is 5.73 Å². The Labute approximate surface area is 89.9 Å². The Morgan fingerprint density at radius 2 is 2.27 bits per heavy atom.